The van der Waals surface area contributed by atoms with E-state index in [-0.39, 0.29) is 30.8 Å². The predicted octanol–water partition coefficient (Wildman–Crippen LogP) is 4.19. The van der Waals surface area contributed by atoms with Gasteiger partial charge in [0.05, 0.1) is 25.0 Å². The Hall–Kier alpha value is -2.14. The highest BCUT2D eigenvalue weighted by molar-refractivity contribution is 9.10. The Bertz CT molecular complexity index is 699. The van der Waals surface area contributed by atoms with Gasteiger partial charge in [-0.2, -0.15) is 0 Å². The summed E-state index contributed by atoms with van der Waals surface area (Å²) in [5.41, 5.74) is 1.80. The molecule has 1 unspecified atom stereocenters. The van der Waals surface area contributed by atoms with Gasteiger partial charge in [-0.3, -0.25) is 9.59 Å². The van der Waals surface area contributed by atoms with Crippen molar-refractivity contribution < 1.29 is 14.3 Å². The molecule has 25 heavy (non-hydrogen) atoms. The van der Waals surface area contributed by atoms with Crippen molar-refractivity contribution in [3.05, 3.63) is 70.2 Å². The lowest BCUT2D eigenvalue weighted by Crippen LogP contribution is -2.32. The molecule has 0 aliphatic rings. The molecule has 132 valence electrons. The fraction of sp³-hybridized carbons (Fsp3) is 0.300. The van der Waals surface area contributed by atoms with E-state index in [1.807, 2.05) is 68.4 Å². The molecule has 0 aliphatic heterocycles. The largest absolute Gasteiger partial charge is 0.463 e. The number of carbonyl (C=O) groups is 2. The van der Waals surface area contributed by atoms with Gasteiger partial charge in [0, 0.05) is 4.47 Å². The lowest BCUT2D eigenvalue weighted by molar-refractivity contribution is -0.148. The molecule has 4 nitrogen and oxygen atoms in total. The van der Waals surface area contributed by atoms with Crippen molar-refractivity contribution in [1.82, 2.24) is 5.32 Å². The number of hydrogen-bond acceptors (Lipinski definition) is 3. The van der Waals surface area contributed by atoms with Gasteiger partial charge in [-0.05, 0) is 37.1 Å². The molecule has 0 heterocycles. The molecule has 2 aromatic carbocycles. The van der Waals surface area contributed by atoms with Crippen molar-refractivity contribution in [1.29, 1.82) is 0 Å². The molecule has 0 fully saturated rings. The van der Waals surface area contributed by atoms with Crippen molar-refractivity contribution in [3.8, 4) is 0 Å². The summed E-state index contributed by atoms with van der Waals surface area (Å²) in [6.45, 7) is 3.61. The minimum Gasteiger partial charge on any atom is -0.463 e. The first-order valence-electron chi connectivity index (χ1n) is 8.22. The number of esters is 1. The molecule has 0 saturated heterocycles. The van der Waals surface area contributed by atoms with Crippen molar-refractivity contribution in [2.45, 2.75) is 38.8 Å². The molecule has 0 saturated carbocycles. The van der Waals surface area contributed by atoms with E-state index in [2.05, 4.69) is 21.2 Å². The van der Waals surface area contributed by atoms with Crippen LogP contribution in [0.4, 0.5) is 0 Å². The number of hydrogen-bond donors (Lipinski definition) is 1. The molecule has 2 aromatic rings. The number of benzene rings is 2. The van der Waals surface area contributed by atoms with Crippen LogP contribution in [0.2, 0.25) is 0 Å². The molecule has 2 rings (SSSR count). The van der Waals surface area contributed by atoms with E-state index < -0.39 is 6.04 Å². The number of amides is 1. The van der Waals surface area contributed by atoms with Gasteiger partial charge in [-0.1, -0.05) is 58.4 Å². The quantitative estimate of drug-likeness (QED) is 0.705. The second-order valence-corrected chi connectivity index (χ2v) is 6.99. The Kier molecular flexibility index (Phi) is 7.19. The van der Waals surface area contributed by atoms with Crippen LogP contribution in [0.1, 0.15) is 37.4 Å². The topological polar surface area (TPSA) is 55.4 Å². The van der Waals surface area contributed by atoms with Crippen molar-refractivity contribution in [2.75, 3.05) is 0 Å². The van der Waals surface area contributed by atoms with E-state index in [0.29, 0.717) is 0 Å². The summed E-state index contributed by atoms with van der Waals surface area (Å²) in [6, 6.07) is 16.7. The van der Waals surface area contributed by atoms with Crippen LogP contribution >= 0.6 is 15.9 Å². The van der Waals surface area contributed by atoms with Crippen LogP contribution in [0.25, 0.3) is 0 Å². The second-order valence-electron chi connectivity index (χ2n) is 6.08. The highest BCUT2D eigenvalue weighted by Crippen LogP contribution is 2.18. The Morgan fingerprint density at radius 1 is 1.04 bits per heavy atom. The molecule has 0 spiro atoms. The van der Waals surface area contributed by atoms with Crippen LogP contribution in [0.3, 0.4) is 0 Å². The maximum atomic E-state index is 12.4. The normalized spacial score (nSPS) is 11.8. The van der Waals surface area contributed by atoms with Gasteiger partial charge < -0.3 is 10.1 Å². The van der Waals surface area contributed by atoms with Gasteiger partial charge in [0.15, 0.2) is 0 Å². The summed E-state index contributed by atoms with van der Waals surface area (Å²) in [7, 11) is 0. The summed E-state index contributed by atoms with van der Waals surface area (Å²) >= 11 is 3.38. The van der Waals surface area contributed by atoms with Crippen LogP contribution in [0.5, 0.6) is 0 Å². The average Bonchev–Trinajstić information content (AvgIpc) is 2.56. The number of ether oxygens (including phenoxy) is 1. The smallest absolute Gasteiger partial charge is 0.308 e. The fourth-order valence-electron chi connectivity index (χ4n) is 2.45. The summed E-state index contributed by atoms with van der Waals surface area (Å²) in [4.78, 5) is 24.4. The monoisotopic (exact) mass is 403 g/mol. The van der Waals surface area contributed by atoms with E-state index in [1.165, 1.54) is 0 Å². The van der Waals surface area contributed by atoms with Crippen LogP contribution in [-0.4, -0.2) is 18.0 Å². The van der Waals surface area contributed by atoms with E-state index in [9.17, 15) is 9.59 Å². The van der Waals surface area contributed by atoms with Gasteiger partial charge in [-0.15, -0.1) is 0 Å². The van der Waals surface area contributed by atoms with Gasteiger partial charge in [0.1, 0.15) is 0 Å². The molecule has 1 N–H and O–H groups in total. The average molecular weight is 404 g/mol. The highest BCUT2D eigenvalue weighted by atomic mass is 79.9. The van der Waals surface area contributed by atoms with E-state index >= 15 is 0 Å². The summed E-state index contributed by atoms with van der Waals surface area (Å²) in [6.07, 6.45) is 0.187. The van der Waals surface area contributed by atoms with Crippen LogP contribution in [0, 0.1) is 0 Å². The molecule has 5 heteroatoms. The Morgan fingerprint density at radius 3 is 2.28 bits per heavy atom. The molecular formula is C20H22BrNO3. The number of halogens is 1. The van der Waals surface area contributed by atoms with Crippen molar-refractivity contribution >= 4 is 27.8 Å². The summed E-state index contributed by atoms with van der Waals surface area (Å²) < 4.78 is 6.19. The first-order chi connectivity index (χ1) is 11.9. The van der Waals surface area contributed by atoms with Crippen LogP contribution in [-0.2, 0) is 20.7 Å². The Morgan fingerprint density at radius 2 is 1.68 bits per heavy atom. The Balaban J connectivity index is 2.05. The first kappa shape index (κ1) is 19.2. The standard InChI is InChI=1S/C20H22BrNO3/c1-14(2)25-20(24)13-18(16-6-4-3-5-7-16)22-19(23)12-15-8-10-17(21)11-9-15/h3-11,14,18H,12-13H2,1-2H3,(H,22,23). The van der Waals surface area contributed by atoms with Crippen molar-refractivity contribution in [2.24, 2.45) is 0 Å². The van der Waals surface area contributed by atoms with E-state index in [0.717, 1.165) is 15.6 Å². The van der Waals surface area contributed by atoms with Gasteiger partial charge >= 0.3 is 5.97 Å². The Labute approximate surface area is 156 Å². The molecule has 0 radical (unpaired) electrons. The third kappa shape index (κ3) is 6.70. The zero-order valence-corrected chi connectivity index (χ0v) is 16.0. The summed E-state index contributed by atoms with van der Waals surface area (Å²) in [5.74, 6) is -0.457. The van der Waals surface area contributed by atoms with Gasteiger partial charge in [0.25, 0.3) is 0 Å². The number of nitrogens with one attached hydrogen (secondary N) is 1. The molecule has 0 aromatic heterocycles. The minimum absolute atomic E-state index is 0.105. The van der Waals surface area contributed by atoms with E-state index in [1.54, 1.807) is 0 Å². The summed E-state index contributed by atoms with van der Waals surface area (Å²) in [5, 5.41) is 2.95. The fourth-order valence-corrected chi connectivity index (χ4v) is 2.71. The van der Waals surface area contributed by atoms with Crippen LogP contribution < -0.4 is 5.32 Å². The number of rotatable bonds is 7. The molecule has 1 amide bonds. The van der Waals surface area contributed by atoms with Crippen molar-refractivity contribution in [3.63, 3.8) is 0 Å². The zero-order valence-electron chi connectivity index (χ0n) is 14.4. The predicted molar refractivity (Wildman–Crippen MR) is 101 cm³/mol. The maximum Gasteiger partial charge on any atom is 0.308 e. The minimum atomic E-state index is -0.407. The lowest BCUT2D eigenvalue weighted by Gasteiger charge is -2.19. The number of carbonyl (C=O) groups excluding carboxylic acids is 2. The SMILES string of the molecule is CC(C)OC(=O)CC(NC(=O)Cc1ccc(Br)cc1)c1ccccc1. The maximum absolute atomic E-state index is 12.4. The second kappa shape index (κ2) is 9.37. The lowest BCUT2D eigenvalue weighted by atomic mass is 10.0. The third-order valence-corrected chi connectivity index (χ3v) is 4.08. The highest BCUT2D eigenvalue weighted by Gasteiger charge is 2.20. The van der Waals surface area contributed by atoms with Gasteiger partial charge in [0.2, 0.25) is 5.91 Å². The molecule has 0 aliphatic carbocycles. The van der Waals surface area contributed by atoms with Gasteiger partial charge in [-0.25, -0.2) is 0 Å². The molecule has 0 bridgehead atoms. The zero-order chi connectivity index (χ0) is 18.2. The molecular weight excluding hydrogens is 382 g/mol. The third-order valence-electron chi connectivity index (χ3n) is 3.55. The van der Waals surface area contributed by atoms with E-state index in [4.69, 9.17) is 4.74 Å². The molecule has 1 atom stereocenters. The first-order valence-corrected chi connectivity index (χ1v) is 9.01. The van der Waals surface area contributed by atoms with Crippen LogP contribution in [0.15, 0.2) is 59.1 Å².